The second kappa shape index (κ2) is 11.3. The van der Waals surface area contributed by atoms with Crippen molar-refractivity contribution in [3.63, 3.8) is 0 Å². The van der Waals surface area contributed by atoms with Gasteiger partial charge in [-0.1, -0.05) is 18.2 Å². The highest BCUT2D eigenvalue weighted by atomic mass is 16.5. The summed E-state index contributed by atoms with van der Waals surface area (Å²) in [5.74, 6) is 2.30. The fourth-order valence-electron chi connectivity index (χ4n) is 3.56. The summed E-state index contributed by atoms with van der Waals surface area (Å²) in [6.45, 7) is 4.30. The summed E-state index contributed by atoms with van der Waals surface area (Å²) >= 11 is 0. The van der Waals surface area contributed by atoms with Crippen molar-refractivity contribution in [2.24, 2.45) is 0 Å². The van der Waals surface area contributed by atoms with Gasteiger partial charge in [0.15, 0.2) is 29.6 Å². The topological polar surface area (TPSA) is 77.5 Å². The van der Waals surface area contributed by atoms with Gasteiger partial charge in [-0.15, -0.1) is 0 Å². The van der Waals surface area contributed by atoms with Crippen molar-refractivity contribution < 1.29 is 28.5 Å². The first-order valence-corrected chi connectivity index (χ1v) is 10.7. The van der Waals surface area contributed by atoms with E-state index in [0.29, 0.717) is 55.8 Å². The molecule has 3 rings (SSSR count). The molecule has 2 aromatic rings. The molecule has 1 heterocycles. The number of benzene rings is 2. The van der Waals surface area contributed by atoms with Crippen molar-refractivity contribution >= 4 is 11.8 Å². The van der Waals surface area contributed by atoms with Gasteiger partial charge in [0.2, 0.25) is 5.91 Å². The van der Waals surface area contributed by atoms with E-state index in [1.807, 2.05) is 37.3 Å². The molecule has 0 radical (unpaired) electrons. The summed E-state index contributed by atoms with van der Waals surface area (Å²) in [6, 6.07) is 12.8. The van der Waals surface area contributed by atoms with Crippen LogP contribution in [0.1, 0.15) is 12.5 Å². The normalized spacial score (nSPS) is 13.5. The van der Waals surface area contributed by atoms with E-state index in [9.17, 15) is 9.59 Å². The van der Waals surface area contributed by atoms with Crippen LogP contribution in [0.2, 0.25) is 0 Å². The molecule has 172 valence electrons. The molecular weight excluding hydrogens is 412 g/mol. The molecule has 8 nitrogen and oxygen atoms in total. The number of carbonyl (C=O) groups excluding carboxylic acids is 2. The SMILES string of the molecule is CCOc1ccccc1OCC(=O)N1CCN(C(=O)Cc2ccc(OC)c(OC)c2)CC1. The Morgan fingerprint density at radius 2 is 1.38 bits per heavy atom. The number of nitrogens with zero attached hydrogens (tertiary/aromatic N) is 2. The van der Waals surface area contributed by atoms with E-state index in [-0.39, 0.29) is 24.8 Å². The molecule has 1 aliphatic heterocycles. The number of piperazine rings is 1. The van der Waals surface area contributed by atoms with Gasteiger partial charge in [-0.3, -0.25) is 9.59 Å². The second-order valence-electron chi connectivity index (χ2n) is 7.30. The smallest absolute Gasteiger partial charge is 0.260 e. The standard InChI is InChI=1S/C24H30N2O6/c1-4-31-20-7-5-6-8-21(20)32-17-24(28)26-13-11-25(12-14-26)23(27)16-18-9-10-19(29-2)22(15-18)30-3/h5-10,15H,4,11-14,16-17H2,1-3H3. The predicted molar refractivity (Wildman–Crippen MR) is 120 cm³/mol. The Kier molecular flexibility index (Phi) is 8.19. The van der Waals surface area contributed by atoms with Crippen molar-refractivity contribution in [2.45, 2.75) is 13.3 Å². The lowest BCUT2D eigenvalue weighted by Crippen LogP contribution is -2.52. The van der Waals surface area contributed by atoms with E-state index in [1.165, 1.54) is 0 Å². The van der Waals surface area contributed by atoms with E-state index in [0.717, 1.165) is 5.56 Å². The Morgan fingerprint density at radius 1 is 0.781 bits per heavy atom. The maximum absolute atomic E-state index is 12.7. The van der Waals surface area contributed by atoms with Gasteiger partial charge in [0.25, 0.3) is 5.91 Å². The number of rotatable bonds is 9. The van der Waals surface area contributed by atoms with Gasteiger partial charge in [0, 0.05) is 26.2 Å². The van der Waals surface area contributed by atoms with Crippen LogP contribution in [0.5, 0.6) is 23.0 Å². The second-order valence-corrected chi connectivity index (χ2v) is 7.30. The van der Waals surface area contributed by atoms with Gasteiger partial charge in [0.1, 0.15) is 0 Å². The Balaban J connectivity index is 1.48. The fourth-order valence-corrected chi connectivity index (χ4v) is 3.56. The number of para-hydroxylation sites is 2. The number of ether oxygens (including phenoxy) is 4. The van der Waals surface area contributed by atoms with Gasteiger partial charge in [-0.25, -0.2) is 0 Å². The van der Waals surface area contributed by atoms with Crippen LogP contribution in [0.15, 0.2) is 42.5 Å². The third-order valence-electron chi connectivity index (χ3n) is 5.29. The zero-order valence-electron chi connectivity index (χ0n) is 18.8. The van der Waals surface area contributed by atoms with Crippen LogP contribution in [0, 0.1) is 0 Å². The molecule has 0 unspecified atom stereocenters. The molecule has 0 bridgehead atoms. The van der Waals surface area contributed by atoms with Crippen molar-refractivity contribution in [2.75, 3.05) is 53.6 Å². The average molecular weight is 443 g/mol. The summed E-state index contributed by atoms with van der Waals surface area (Å²) in [5, 5.41) is 0. The molecule has 0 aliphatic carbocycles. The molecular formula is C24H30N2O6. The highest BCUT2D eigenvalue weighted by Gasteiger charge is 2.25. The Hall–Kier alpha value is -3.42. The van der Waals surface area contributed by atoms with Gasteiger partial charge in [-0.2, -0.15) is 0 Å². The van der Waals surface area contributed by atoms with Crippen LogP contribution in [-0.4, -0.2) is 75.2 Å². The molecule has 2 aromatic carbocycles. The zero-order valence-corrected chi connectivity index (χ0v) is 18.8. The van der Waals surface area contributed by atoms with Gasteiger partial charge in [0.05, 0.1) is 27.2 Å². The van der Waals surface area contributed by atoms with Gasteiger partial charge in [-0.05, 0) is 36.8 Å². The predicted octanol–water partition coefficient (Wildman–Crippen LogP) is 2.39. The van der Waals surface area contributed by atoms with Crippen molar-refractivity contribution in [3.8, 4) is 23.0 Å². The molecule has 1 aliphatic rings. The minimum absolute atomic E-state index is 0.0196. The van der Waals surface area contributed by atoms with Crippen LogP contribution < -0.4 is 18.9 Å². The first-order chi connectivity index (χ1) is 15.5. The average Bonchev–Trinajstić information content (AvgIpc) is 2.83. The Labute approximate surface area is 188 Å². The molecule has 1 fully saturated rings. The summed E-state index contributed by atoms with van der Waals surface area (Å²) in [5.41, 5.74) is 0.854. The number of methoxy groups -OCH3 is 2. The lowest BCUT2D eigenvalue weighted by molar-refractivity contribution is -0.140. The summed E-state index contributed by atoms with van der Waals surface area (Å²) < 4.78 is 21.7. The summed E-state index contributed by atoms with van der Waals surface area (Å²) in [6.07, 6.45) is 0.269. The van der Waals surface area contributed by atoms with E-state index in [1.54, 1.807) is 36.2 Å². The number of hydrogen-bond acceptors (Lipinski definition) is 6. The van der Waals surface area contributed by atoms with Crippen molar-refractivity contribution in [3.05, 3.63) is 48.0 Å². The molecule has 32 heavy (non-hydrogen) atoms. The van der Waals surface area contributed by atoms with Crippen LogP contribution in [0.4, 0.5) is 0 Å². The minimum Gasteiger partial charge on any atom is -0.493 e. The Morgan fingerprint density at radius 3 is 1.97 bits per heavy atom. The largest absolute Gasteiger partial charge is 0.493 e. The molecule has 0 aromatic heterocycles. The van der Waals surface area contributed by atoms with Gasteiger partial charge >= 0.3 is 0 Å². The lowest BCUT2D eigenvalue weighted by atomic mass is 10.1. The molecule has 1 saturated heterocycles. The highest BCUT2D eigenvalue weighted by Crippen LogP contribution is 2.28. The lowest BCUT2D eigenvalue weighted by Gasteiger charge is -2.34. The number of hydrogen-bond donors (Lipinski definition) is 0. The van der Waals surface area contributed by atoms with Crippen LogP contribution in [0.3, 0.4) is 0 Å². The first kappa shape index (κ1) is 23.2. The molecule has 2 amide bonds. The third kappa shape index (κ3) is 5.84. The van der Waals surface area contributed by atoms with E-state index < -0.39 is 0 Å². The molecule has 0 spiro atoms. The van der Waals surface area contributed by atoms with Crippen LogP contribution >= 0.6 is 0 Å². The zero-order chi connectivity index (χ0) is 22.9. The van der Waals surface area contributed by atoms with E-state index in [4.69, 9.17) is 18.9 Å². The summed E-state index contributed by atoms with van der Waals surface area (Å²) in [4.78, 5) is 28.8. The molecule has 0 saturated carbocycles. The van der Waals surface area contributed by atoms with Crippen molar-refractivity contribution in [1.82, 2.24) is 9.80 Å². The Bertz CT molecular complexity index is 924. The summed E-state index contributed by atoms with van der Waals surface area (Å²) in [7, 11) is 3.14. The quantitative estimate of drug-likeness (QED) is 0.594. The molecule has 8 heteroatoms. The van der Waals surface area contributed by atoms with Crippen LogP contribution in [-0.2, 0) is 16.0 Å². The highest BCUT2D eigenvalue weighted by molar-refractivity contribution is 5.80. The molecule has 0 N–H and O–H groups in total. The monoisotopic (exact) mass is 442 g/mol. The van der Waals surface area contributed by atoms with Gasteiger partial charge < -0.3 is 28.7 Å². The van der Waals surface area contributed by atoms with E-state index in [2.05, 4.69) is 0 Å². The first-order valence-electron chi connectivity index (χ1n) is 10.7. The number of amides is 2. The fraction of sp³-hybridized carbons (Fsp3) is 0.417. The maximum atomic E-state index is 12.7. The van der Waals surface area contributed by atoms with E-state index >= 15 is 0 Å². The minimum atomic E-state index is -0.108. The van der Waals surface area contributed by atoms with Crippen molar-refractivity contribution in [1.29, 1.82) is 0 Å². The third-order valence-corrected chi connectivity index (χ3v) is 5.29. The maximum Gasteiger partial charge on any atom is 0.260 e. The molecule has 0 atom stereocenters. The van der Waals surface area contributed by atoms with Crippen LogP contribution in [0.25, 0.3) is 0 Å². The number of carbonyl (C=O) groups is 2.